The van der Waals surface area contributed by atoms with Crippen molar-refractivity contribution >= 4 is 20.5 Å². The highest BCUT2D eigenvalue weighted by Crippen LogP contribution is 2.40. The molecule has 1 aromatic carbocycles. The maximum absolute atomic E-state index is 10.5. The third-order valence-electron chi connectivity index (χ3n) is 5.30. The lowest BCUT2D eigenvalue weighted by Crippen LogP contribution is -2.41. The highest BCUT2D eigenvalue weighted by atomic mass is 28.4. The zero-order chi connectivity index (χ0) is 18.8. The summed E-state index contributed by atoms with van der Waals surface area (Å²) in [5.74, 6) is 0.305. The highest BCUT2D eigenvalue weighted by molar-refractivity contribution is 6.74. The van der Waals surface area contributed by atoms with Crippen LogP contribution in [0.15, 0.2) is 25.3 Å². The van der Waals surface area contributed by atoms with Crippen molar-refractivity contribution in [2.45, 2.75) is 64.6 Å². The van der Waals surface area contributed by atoms with Gasteiger partial charge in [0.2, 0.25) is 0 Å². The van der Waals surface area contributed by atoms with Crippen LogP contribution in [0.1, 0.15) is 57.7 Å². The number of phenolic OH excluding ortho intramolecular Hbond substituents is 1. The van der Waals surface area contributed by atoms with Gasteiger partial charge in [-0.2, -0.15) is 0 Å². The monoisotopic (exact) mass is 346 g/mol. The average Bonchev–Trinajstić information content (AvgIpc) is 2.44. The van der Waals surface area contributed by atoms with Crippen LogP contribution in [0.5, 0.6) is 5.75 Å². The molecule has 0 atom stereocenters. The summed E-state index contributed by atoms with van der Waals surface area (Å²) in [6, 6.07) is 3.79. The fourth-order valence-electron chi connectivity index (χ4n) is 2.59. The Morgan fingerprint density at radius 3 is 2.12 bits per heavy atom. The van der Waals surface area contributed by atoms with Crippen LogP contribution < -0.4 is 0 Å². The second-order valence-electron chi connectivity index (χ2n) is 8.66. The Kier molecular flexibility index (Phi) is 6.29. The Morgan fingerprint density at radius 2 is 1.67 bits per heavy atom. The molecule has 0 bridgehead atoms. The van der Waals surface area contributed by atoms with E-state index in [0.717, 1.165) is 23.1 Å². The van der Waals surface area contributed by atoms with Crippen molar-refractivity contribution < 1.29 is 9.53 Å². The van der Waals surface area contributed by atoms with Crippen molar-refractivity contribution in [3.63, 3.8) is 0 Å². The van der Waals surface area contributed by atoms with E-state index in [4.69, 9.17) is 4.43 Å². The minimum atomic E-state index is -1.75. The lowest BCUT2D eigenvalue weighted by atomic mass is 9.78. The fourth-order valence-corrected chi connectivity index (χ4v) is 3.64. The van der Waals surface area contributed by atoms with E-state index in [1.807, 2.05) is 6.07 Å². The molecule has 0 aliphatic carbocycles. The average molecular weight is 347 g/mol. The normalized spacial score (nSPS) is 13.0. The summed E-state index contributed by atoms with van der Waals surface area (Å²) < 4.78 is 6.32. The summed E-state index contributed by atoms with van der Waals surface area (Å²) in [7, 11) is -1.75. The maximum atomic E-state index is 10.5. The molecule has 1 rings (SSSR count). The van der Waals surface area contributed by atoms with Crippen LogP contribution in [0, 0.1) is 0 Å². The van der Waals surface area contributed by atoms with Crippen molar-refractivity contribution in [2.24, 2.45) is 0 Å². The van der Waals surface area contributed by atoms with Gasteiger partial charge in [-0.05, 0) is 53.2 Å². The predicted molar refractivity (Wildman–Crippen MR) is 109 cm³/mol. The molecular formula is C21H34O2Si. The van der Waals surface area contributed by atoms with Gasteiger partial charge in [-0.3, -0.25) is 0 Å². The lowest BCUT2D eigenvalue weighted by molar-refractivity contribution is 0.249. The Labute approximate surface area is 149 Å². The topological polar surface area (TPSA) is 29.5 Å². The van der Waals surface area contributed by atoms with Gasteiger partial charge in [-0.25, -0.2) is 0 Å². The van der Waals surface area contributed by atoms with Crippen molar-refractivity contribution in [3.05, 3.63) is 42.0 Å². The third kappa shape index (κ3) is 4.61. The number of hydrogen-bond donors (Lipinski definition) is 1. The predicted octanol–water partition coefficient (Wildman–Crippen LogP) is 6.37. The fraction of sp³-hybridized carbons (Fsp3) is 0.524. The molecule has 0 saturated heterocycles. The number of hydrogen-bond acceptors (Lipinski definition) is 2. The molecule has 0 aliphatic heterocycles. The Balaban J connectivity index is 3.01. The van der Waals surface area contributed by atoms with Gasteiger partial charge < -0.3 is 9.53 Å². The van der Waals surface area contributed by atoms with E-state index < -0.39 is 8.32 Å². The molecule has 3 heteroatoms. The van der Waals surface area contributed by atoms with E-state index in [1.165, 1.54) is 0 Å². The second kappa shape index (κ2) is 7.28. The van der Waals surface area contributed by atoms with E-state index >= 15 is 0 Å². The maximum Gasteiger partial charge on any atom is 0.191 e. The molecule has 0 unspecified atom stereocenters. The van der Waals surface area contributed by atoms with Crippen molar-refractivity contribution in [3.8, 4) is 5.75 Å². The Bertz CT molecular complexity index is 607. The summed E-state index contributed by atoms with van der Waals surface area (Å²) in [5.41, 5.74) is 2.60. The van der Waals surface area contributed by atoms with Gasteiger partial charge in [-0.15, -0.1) is 0 Å². The van der Waals surface area contributed by atoms with E-state index in [-0.39, 0.29) is 10.5 Å². The summed E-state index contributed by atoms with van der Waals surface area (Å²) in [6.07, 6.45) is 4.39. The molecule has 134 valence electrons. The Morgan fingerprint density at radius 1 is 1.08 bits per heavy atom. The largest absolute Gasteiger partial charge is 0.508 e. The van der Waals surface area contributed by atoms with Gasteiger partial charge >= 0.3 is 0 Å². The van der Waals surface area contributed by atoms with Gasteiger partial charge in [-0.1, -0.05) is 59.9 Å². The SMILES string of the molecule is C=Cc1cc(O)c(C(C)(C)CCO[Si](C)(C)C(C)(C)C)c(C=C)c1. The van der Waals surface area contributed by atoms with Crippen molar-refractivity contribution in [2.75, 3.05) is 6.61 Å². The zero-order valence-corrected chi connectivity index (χ0v) is 17.5. The summed E-state index contributed by atoms with van der Waals surface area (Å²) in [6.45, 7) is 24.0. The number of aromatic hydroxyl groups is 1. The van der Waals surface area contributed by atoms with Crippen LogP contribution in [0.4, 0.5) is 0 Å². The van der Waals surface area contributed by atoms with E-state index in [2.05, 4.69) is 60.9 Å². The van der Waals surface area contributed by atoms with Crippen LogP contribution in [0.2, 0.25) is 18.1 Å². The number of phenols is 1. The second-order valence-corrected chi connectivity index (χ2v) is 13.5. The Hall–Kier alpha value is -1.32. The van der Waals surface area contributed by atoms with Gasteiger partial charge in [0.05, 0.1) is 0 Å². The summed E-state index contributed by atoms with van der Waals surface area (Å²) in [4.78, 5) is 0. The van der Waals surface area contributed by atoms with Gasteiger partial charge in [0.1, 0.15) is 5.75 Å². The highest BCUT2D eigenvalue weighted by Gasteiger charge is 2.37. The first kappa shape index (κ1) is 20.7. The van der Waals surface area contributed by atoms with Crippen molar-refractivity contribution in [1.29, 1.82) is 0 Å². The molecule has 0 aromatic heterocycles. The molecule has 24 heavy (non-hydrogen) atoms. The molecule has 0 fully saturated rings. The zero-order valence-electron chi connectivity index (χ0n) is 16.5. The van der Waals surface area contributed by atoms with E-state index in [0.29, 0.717) is 12.4 Å². The molecular weight excluding hydrogens is 312 g/mol. The molecule has 0 spiro atoms. The smallest absolute Gasteiger partial charge is 0.191 e. The van der Waals surface area contributed by atoms with Crippen LogP contribution in [-0.2, 0) is 9.84 Å². The molecule has 0 saturated carbocycles. The molecule has 2 nitrogen and oxygen atoms in total. The van der Waals surface area contributed by atoms with Gasteiger partial charge in [0.25, 0.3) is 0 Å². The molecule has 1 aromatic rings. The molecule has 1 N–H and O–H groups in total. The van der Waals surface area contributed by atoms with E-state index in [1.54, 1.807) is 18.2 Å². The van der Waals surface area contributed by atoms with Gasteiger partial charge in [0, 0.05) is 12.2 Å². The van der Waals surface area contributed by atoms with E-state index in [9.17, 15) is 5.11 Å². The first-order chi connectivity index (χ1) is 10.9. The molecule has 0 heterocycles. The first-order valence-electron chi connectivity index (χ1n) is 8.62. The summed E-state index contributed by atoms with van der Waals surface area (Å²) in [5, 5.41) is 10.7. The summed E-state index contributed by atoms with van der Waals surface area (Å²) >= 11 is 0. The third-order valence-corrected chi connectivity index (χ3v) is 9.84. The molecule has 0 radical (unpaired) electrons. The first-order valence-corrected chi connectivity index (χ1v) is 11.5. The molecule has 0 amide bonds. The number of benzene rings is 1. The number of rotatable bonds is 7. The van der Waals surface area contributed by atoms with Crippen LogP contribution >= 0.6 is 0 Å². The van der Waals surface area contributed by atoms with Crippen molar-refractivity contribution in [1.82, 2.24) is 0 Å². The standard InChI is InChI=1S/C21H34O2Si/c1-10-16-14-17(11-2)19(18(22)15-16)21(6,7)12-13-23-24(8,9)20(3,4)5/h10-11,14-15,22H,1-2,12-13H2,3-9H3. The van der Waals surface area contributed by atoms with Crippen LogP contribution in [0.3, 0.4) is 0 Å². The van der Waals surface area contributed by atoms with Crippen LogP contribution in [0.25, 0.3) is 12.2 Å². The quantitative estimate of drug-likeness (QED) is 0.581. The minimum absolute atomic E-state index is 0.199. The lowest BCUT2D eigenvalue weighted by Gasteiger charge is -2.37. The van der Waals surface area contributed by atoms with Crippen LogP contribution in [-0.4, -0.2) is 20.0 Å². The minimum Gasteiger partial charge on any atom is -0.508 e. The van der Waals surface area contributed by atoms with Gasteiger partial charge in [0.15, 0.2) is 8.32 Å². The molecule has 0 aliphatic rings.